The van der Waals surface area contributed by atoms with Crippen LogP contribution in [-0.2, 0) is 0 Å². The smallest absolute Gasteiger partial charge is 0.00125 e. The molecule has 0 atom stereocenters. The van der Waals surface area contributed by atoms with E-state index in [0.29, 0.717) is 0 Å². The second-order valence-corrected chi connectivity index (χ2v) is 3.70. The first kappa shape index (κ1) is 10.8. The molecular formula is C13H16BhN-. The minimum absolute atomic E-state index is 0. The first-order valence-corrected chi connectivity index (χ1v) is 5.29. The summed E-state index contributed by atoms with van der Waals surface area (Å²) < 4.78 is 0. The summed E-state index contributed by atoms with van der Waals surface area (Å²) in [6.07, 6.45) is 7.48. The van der Waals surface area contributed by atoms with Gasteiger partial charge in [-0.05, 0) is 25.7 Å². The van der Waals surface area contributed by atoms with Gasteiger partial charge in [-0.2, -0.15) is 18.2 Å². The van der Waals surface area contributed by atoms with Crippen LogP contribution in [-0.4, -0.2) is 7.05 Å². The Balaban J connectivity index is 0.00000112. The monoisotopic (exact) mass is 456 g/mol. The molecule has 0 aromatic heterocycles. The molecule has 1 aromatic carbocycles. The third-order valence-electron chi connectivity index (χ3n) is 2.77. The van der Waals surface area contributed by atoms with E-state index in [4.69, 9.17) is 0 Å². The third kappa shape index (κ3) is 2.16. The van der Waals surface area contributed by atoms with Crippen molar-refractivity contribution in [2.24, 2.45) is 0 Å². The molecule has 0 aliphatic heterocycles. The first-order chi connectivity index (χ1) is 6.92. The molecule has 76 valence electrons. The van der Waals surface area contributed by atoms with Crippen molar-refractivity contribution in [3.63, 3.8) is 0 Å². The van der Waals surface area contributed by atoms with E-state index in [1.807, 2.05) is 13.1 Å². The van der Waals surface area contributed by atoms with Crippen LogP contribution in [0.2, 0.25) is 0 Å². The van der Waals surface area contributed by atoms with Crippen LogP contribution in [0.3, 0.4) is 0 Å². The number of hydrogen-bond donors (Lipinski definition) is 1. The number of nitrogens with one attached hydrogen (secondary N) is 1. The van der Waals surface area contributed by atoms with E-state index >= 15 is 0 Å². The quantitative estimate of drug-likeness (QED) is 0.673. The van der Waals surface area contributed by atoms with E-state index in [1.54, 1.807) is 0 Å². The van der Waals surface area contributed by atoms with Crippen molar-refractivity contribution in [3.05, 3.63) is 35.9 Å². The topological polar surface area (TPSA) is 12.0 Å². The van der Waals surface area contributed by atoms with Gasteiger partial charge >= 0.3 is 0 Å². The predicted molar refractivity (Wildman–Crippen MR) is 61.3 cm³/mol. The molecule has 0 saturated heterocycles. The van der Waals surface area contributed by atoms with Crippen molar-refractivity contribution < 1.29 is 0 Å². The largest absolute Gasteiger partial charge is 0.409 e. The summed E-state index contributed by atoms with van der Waals surface area (Å²) in [5, 5.41) is 3.23. The Bertz CT molecular complexity index is 344. The maximum atomic E-state index is 3.23. The van der Waals surface area contributed by atoms with E-state index in [9.17, 15) is 0 Å². The van der Waals surface area contributed by atoms with E-state index < -0.39 is 0 Å². The van der Waals surface area contributed by atoms with Crippen LogP contribution in [0.4, 0.5) is 5.69 Å². The molecule has 0 amide bonds. The van der Waals surface area contributed by atoms with Gasteiger partial charge in [-0.3, -0.25) is 0 Å². The number of benzene rings is 1. The molecule has 2 heteroatoms. The molecule has 0 heterocycles. The Labute approximate surface area is 85.8 Å². The average molecular weight is 456 g/mol. The molecule has 15 heavy (non-hydrogen) atoms. The van der Waals surface area contributed by atoms with Crippen LogP contribution in [0.1, 0.15) is 31.2 Å². The van der Waals surface area contributed by atoms with E-state index in [2.05, 4.69) is 29.6 Å². The van der Waals surface area contributed by atoms with Crippen molar-refractivity contribution in [2.75, 3.05) is 12.4 Å². The standard InChI is InChI=1S/C13H16N.Bh/c1-14-13-10-6-5-9-12(13)11-7-3-2-4-8-11;/h6-7,9-10,14H,2-4,8H2,1H3;/q-1;. The Hall–Kier alpha value is -2.24. The van der Waals surface area contributed by atoms with Crippen molar-refractivity contribution in [2.45, 2.75) is 25.7 Å². The van der Waals surface area contributed by atoms with Gasteiger partial charge in [0.1, 0.15) is 0 Å². The summed E-state index contributed by atoms with van der Waals surface area (Å²) in [6, 6.07) is 9.28. The maximum Gasteiger partial charge on any atom is 0.00125 e. The summed E-state index contributed by atoms with van der Waals surface area (Å²) in [4.78, 5) is 0. The molecule has 0 spiro atoms. The van der Waals surface area contributed by atoms with Crippen LogP contribution in [0, 0.1) is 6.07 Å². The minimum Gasteiger partial charge on any atom is -0.409 e. The summed E-state index contributed by atoms with van der Waals surface area (Å²) in [6.45, 7) is 0. The van der Waals surface area contributed by atoms with Gasteiger partial charge < -0.3 is 5.32 Å². The average Bonchev–Trinajstić information content (AvgIpc) is 2.30. The Kier molecular flexibility index (Phi) is 3.50. The normalized spacial score (nSPS) is 15.1. The number of hydrogen-bond acceptors (Lipinski definition) is 1. The van der Waals surface area contributed by atoms with Crippen LogP contribution in [0.25, 0.3) is 5.57 Å². The van der Waals surface area contributed by atoms with Gasteiger partial charge in [0, 0.05) is 7.05 Å². The number of rotatable bonds is 2. The zero-order valence-corrected chi connectivity index (χ0v) is 15.8. The van der Waals surface area contributed by atoms with Gasteiger partial charge in [-0.1, -0.05) is 17.3 Å². The molecule has 0 fully saturated rings. The fourth-order valence-electron chi connectivity index (χ4n) is 2.00. The van der Waals surface area contributed by atoms with Crippen LogP contribution >= 0.6 is 0 Å². The molecule has 0 unspecified atom stereocenters. The third-order valence-corrected chi connectivity index (χ3v) is 2.77. The number of anilines is 1. The van der Waals surface area contributed by atoms with Gasteiger partial charge in [-0.25, -0.2) is 0 Å². The minimum atomic E-state index is 0. The molecular weight excluding hydrogens is 440 g/mol. The number of allylic oxidation sites excluding steroid dienone is 2. The van der Waals surface area contributed by atoms with Crippen molar-refractivity contribution in [3.8, 4) is 0 Å². The second-order valence-electron chi connectivity index (χ2n) is 3.70. The molecule has 1 nitrogen and oxygen atoms in total. The fourth-order valence-corrected chi connectivity index (χ4v) is 2.00. The van der Waals surface area contributed by atoms with Gasteiger partial charge in [0.05, 0.1) is 0 Å². The second kappa shape index (κ2) is 4.85. The van der Waals surface area contributed by atoms with Crippen molar-refractivity contribution in [1.82, 2.24) is 0 Å². The summed E-state index contributed by atoms with van der Waals surface area (Å²) in [5.74, 6) is 0. The van der Waals surface area contributed by atoms with Gasteiger partial charge in [0.15, 0.2) is 0 Å². The van der Waals surface area contributed by atoms with Gasteiger partial charge in [0.2, 0.25) is 0 Å². The van der Waals surface area contributed by atoms with E-state index in [0.717, 1.165) is 0 Å². The zero-order chi connectivity index (χ0) is 9.80. The Morgan fingerprint density at radius 3 is 2.87 bits per heavy atom. The molecule has 0 bridgehead atoms. The predicted octanol–water partition coefficient (Wildman–Crippen LogP) is 3.49. The molecule has 1 aliphatic carbocycles. The molecule has 2 rings (SSSR count). The molecule has 0 saturated carbocycles. The summed E-state index contributed by atoms with van der Waals surface area (Å²) in [5.41, 5.74) is 4.03. The molecule has 1 N–H and O–H groups in total. The summed E-state index contributed by atoms with van der Waals surface area (Å²) >= 11 is 0. The maximum absolute atomic E-state index is 3.23. The first-order valence-electron chi connectivity index (χ1n) is 5.29. The van der Waals surface area contributed by atoms with Crippen LogP contribution < -0.4 is 5.32 Å². The molecule has 1 aromatic rings. The van der Waals surface area contributed by atoms with Crippen molar-refractivity contribution in [1.29, 1.82) is 0 Å². The van der Waals surface area contributed by atoms with E-state index in [-0.39, 0.29) is 0 Å². The van der Waals surface area contributed by atoms with Crippen molar-refractivity contribution >= 4 is 11.3 Å². The van der Waals surface area contributed by atoms with Gasteiger partial charge in [-0.15, -0.1) is 11.6 Å². The SMILES string of the molecule is CNc1cc[c-]cc1C1=CCCCC1.[Bh]. The Morgan fingerprint density at radius 2 is 2.20 bits per heavy atom. The molecule has 1 aliphatic rings. The fraction of sp³-hybridized carbons (Fsp3) is 0.385. The molecule has 0 radical (unpaired) electrons. The van der Waals surface area contributed by atoms with E-state index in [1.165, 1.54) is 42.5 Å². The summed E-state index contributed by atoms with van der Waals surface area (Å²) in [7, 11) is 1.97. The zero-order valence-electron chi connectivity index (χ0n) is 9.34. The van der Waals surface area contributed by atoms with Gasteiger partial charge in [0.25, 0.3) is 0 Å². The van der Waals surface area contributed by atoms with Crippen LogP contribution in [0.15, 0.2) is 24.3 Å². The Morgan fingerprint density at radius 1 is 1.33 bits per heavy atom. The van der Waals surface area contributed by atoms with Crippen LogP contribution in [0.5, 0.6) is 0 Å².